The topological polar surface area (TPSA) is 90.2 Å². The fourth-order valence-corrected chi connectivity index (χ4v) is 3.98. The van der Waals surface area contributed by atoms with Crippen molar-refractivity contribution in [3.05, 3.63) is 72.1 Å². The number of hydrogen-bond donors (Lipinski definition) is 1. The van der Waals surface area contributed by atoms with Gasteiger partial charge in [0.2, 0.25) is 5.95 Å². The van der Waals surface area contributed by atoms with Gasteiger partial charge in [-0.15, -0.1) is 0 Å². The molecule has 3 aromatic heterocycles. The number of ether oxygens (including phenoxy) is 2. The van der Waals surface area contributed by atoms with E-state index < -0.39 is 0 Å². The molecule has 0 amide bonds. The zero-order valence-corrected chi connectivity index (χ0v) is 19.0. The number of rotatable bonds is 5. The monoisotopic (exact) mass is 443 g/mol. The Balaban J connectivity index is 1.41. The van der Waals surface area contributed by atoms with Gasteiger partial charge in [0.1, 0.15) is 12.9 Å². The maximum atomic E-state index is 5.99. The van der Waals surface area contributed by atoms with E-state index in [1.165, 1.54) is 11.1 Å². The van der Waals surface area contributed by atoms with E-state index in [-0.39, 0.29) is 6.04 Å². The van der Waals surface area contributed by atoms with Gasteiger partial charge >= 0.3 is 0 Å². The molecular formula is C24H25N7O2. The van der Waals surface area contributed by atoms with E-state index in [0.717, 1.165) is 11.5 Å². The molecule has 0 saturated heterocycles. The van der Waals surface area contributed by atoms with Crippen LogP contribution in [0.1, 0.15) is 22.9 Å². The number of pyridine rings is 1. The van der Waals surface area contributed by atoms with Crippen LogP contribution in [0.3, 0.4) is 0 Å². The first-order valence-electron chi connectivity index (χ1n) is 10.6. The van der Waals surface area contributed by atoms with Crippen molar-refractivity contribution in [3.8, 4) is 17.3 Å². The first kappa shape index (κ1) is 20.7. The van der Waals surface area contributed by atoms with Crippen LogP contribution in [0.5, 0.6) is 11.5 Å². The van der Waals surface area contributed by atoms with Gasteiger partial charge in [-0.1, -0.05) is 24.3 Å². The van der Waals surface area contributed by atoms with Gasteiger partial charge < -0.3 is 19.7 Å². The van der Waals surface area contributed by atoms with E-state index in [1.807, 2.05) is 42.9 Å². The fourth-order valence-electron chi connectivity index (χ4n) is 3.98. The summed E-state index contributed by atoms with van der Waals surface area (Å²) in [4.78, 5) is 20.1. The smallest absolute Gasteiger partial charge is 0.229 e. The lowest BCUT2D eigenvalue weighted by Crippen LogP contribution is -2.34. The second-order valence-corrected chi connectivity index (χ2v) is 7.97. The van der Waals surface area contributed by atoms with Crippen LogP contribution in [-0.2, 0) is 0 Å². The van der Waals surface area contributed by atoms with Crippen molar-refractivity contribution >= 4 is 17.5 Å². The SMILES string of the molecule is COc1cc(Nc2ncc3c(n2)N(C)C(c2ccccc2C)CO3)cnc1-n1cnc(C)c1. The Morgan fingerprint density at radius 2 is 1.94 bits per heavy atom. The van der Waals surface area contributed by atoms with Crippen molar-refractivity contribution in [2.75, 3.05) is 31.0 Å². The van der Waals surface area contributed by atoms with E-state index in [2.05, 4.69) is 44.2 Å². The lowest BCUT2D eigenvalue weighted by atomic mass is 10.00. The molecule has 0 aliphatic carbocycles. The van der Waals surface area contributed by atoms with Crippen molar-refractivity contribution in [3.63, 3.8) is 0 Å². The second-order valence-electron chi connectivity index (χ2n) is 7.97. The van der Waals surface area contributed by atoms with E-state index in [9.17, 15) is 0 Å². The number of aromatic nitrogens is 5. The molecule has 1 atom stereocenters. The van der Waals surface area contributed by atoms with Crippen molar-refractivity contribution in [1.82, 2.24) is 24.5 Å². The van der Waals surface area contributed by atoms with Crippen LogP contribution in [0.2, 0.25) is 0 Å². The zero-order chi connectivity index (χ0) is 22.9. The summed E-state index contributed by atoms with van der Waals surface area (Å²) in [7, 11) is 3.64. The number of imidazole rings is 1. The van der Waals surface area contributed by atoms with Crippen LogP contribution >= 0.6 is 0 Å². The molecule has 1 N–H and O–H groups in total. The minimum Gasteiger partial charge on any atom is -0.493 e. The average Bonchev–Trinajstić information content (AvgIpc) is 3.26. The number of nitrogens with zero attached hydrogens (tertiary/aromatic N) is 6. The maximum Gasteiger partial charge on any atom is 0.229 e. The molecule has 1 aromatic carbocycles. The van der Waals surface area contributed by atoms with Crippen molar-refractivity contribution in [1.29, 1.82) is 0 Å². The van der Waals surface area contributed by atoms with Gasteiger partial charge in [0.25, 0.3) is 0 Å². The van der Waals surface area contributed by atoms with Crippen LogP contribution in [-0.4, -0.2) is 45.3 Å². The molecule has 4 heterocycles. The molecule has 33 heavy (non-hydrogen) atoms. The quantitative estimate of drug-likeness (QED) is 0.495. The molecule has 1 aliphatic rings. The Kier molecular flexibility index (Phi) is 5.29. The van der Waals surface area contributed by atoms with Crippen molar-refractivity contribution in [2.24, 2.45) is 0 Å². The van der Waals surface area contributed by atoms with Gasteiger partial charge in [-0.25, -0.2) is 15.0 Å². The van der Waals surface area contributed by atoms with Crippen LogP contribution < -0.4 is 19.7 Å². The van der Waals surface area contributed by atoms with Crippen molar-refractivity contribution < 1.29 is 9.47 Å². The van der Waals surface area contributed by atoms with Crippen LogP contribution in [0.4, 0.5) is 17.5 Å². The molecule has 4 aromatic rings. The van der Waals surface area contributed by atoms with Gasteiger partial charge in [-0.05, 0) is 25.0 Å². The number of nitrogens with one attached hydrogen (secondary N) is 1. The zero-order valence-electron chi connectivity index (χ0n) is 19.0. The number of aryl methyl sites for hydroxylation is 2. The molecule has 1 aliphatic heterocycles. The molecule has 0 fully saturated rings. The third-order valence-corrected chi connectivity index (χ3v) is 5.75. The van der Waals surface area contributed by atoms with Gasteiger partial charge in [-0.3, -0.25) is 4.57 Å². The van der Waals surface area contributed by atoms with E-state index >= 15 is 0 Å². The lowest BCUT2D eigenvalue weighted by molar-refractivity contribution is 0.264. The molecule has 5 rings (SSSR count). The van der Waals surface area contributed by atoms with Crippen LogP contribution in [0.25, 0.3) is 5.82 Å². The summed E-state index contributed by atoms with van der Waals surface area (Å²) in [5, 5.41) is 3.23. The standard InChI is InChI=1S/C24H25N7O2/c1-15-7-5-6-8-18(15)19-13-33-21-11-26-24(29-23(21)30(19)3)28-17-9-20(32-4)22(25-10-17)31-12-16(2)27-14-31/h5-12,14,19H,13H2,1-4H3,(H,26,28,29). The number of fused-ring (bicyclic) bond motifs is 1. The highest BCUT2D eigenvalue weighted by atomic mass is 16.5. The summed E-state index contributed by atoms with van der Waals surface area (Å²) in [6.07, 6.45) is 7.01. The molecule has 0 bridgehead atoms. The molecule has 9 nitrogen and oxygen atoms in total. The number of anilines is 3. The predicted molar refractivity (Wildman–Crippen MR) is 126 cm³/mol. The molecule has 9 heteroatoms. The van der Waals surface area contributed by atoms with Gasteiger partial charge in [0.05, 0.1) is 36.9 Å². The largest absolute Gasteiger partial charge is 0.493 e. The fraction of sp³-hybridized carbons (Fsp3) is 0.250. The summed E-state index contributed by atoms with van der Waals surface area (Å²) >= 11 is 0. The number of benzene rings is 1. The molecule has 168 valence electrons. The Morgan fingerprint density at radius 3 is 2.70 bits per heavy atom. The van der Waals surface area contributed by atoms with E-state index in [4.69, 9.17) is 14.5 Å². The van der Waals surface area contributed by atoms with Crippen molar-refractivity contribution in [2.45, 2.75) is 19.9 Å². The molecular weight excluding hydrogens is 418 g/mol. The summed E-state index contributed by atoms with van der Waals surface area (Å²) in [6, 6.07) is 10.3. The third-order valence-electron chi connectivity index (χ3n) is 5.75. The molecule has 0 radical (unpaired) electrons. The first-order chi connectivity index (χ1) is 16.0. The molecule has 0 saturated carbocycles. The predicted octanol–water partition coefficient (Wildman–Crippen LogP) is 4.00. The second kappa shape index (κ2) is 8.42. The number of hydrogen-bond acceptors (Lipinski definition) is 8. The van der Waals surface area contributed by atoms with Gasteiger partial charge in [0.15, 0.2) is 23.1 Å². The highest BCUT2D eigenvalue weighted by Gasteiger charge is 2.29. The lowest BCUT2D eigenvalue weighted by Gasteiger charge is -2.35. The van der Waals surface area contributed by atoms with Crippen LogP contribution in [0, 0.1) is 13.8 Å². The Hall–Kier alpha value is -4.14. The minimum atomic E-state index is 0.0705. The maximum absolute atomic E-state index is 5.99. The summed E-state index contributed by atoms with van der Waals surface area (Å²) in [5.74, 6) is 3.11. The number of likely N-dealkylation sites (N-methyl/N-ethyl adjacent to an activating group) is 1. The average molecular weight is 444 g/mol. The minimum absolute atomic E-state index is 0.0705. The highest BCUT2D eigenvalue weighted by molar-refractivity contribution is 5.62. The molecule has 0 spiro atoms. The summed E-state index contributed by atoms with van der Waals surface area (Å²) in [6.45, 7) is 4.58. The Bertz CT molecular complexity index is 1300. The normalized spacial score (nSPS) is 15.0. The summed E-state index contributed by atoms with van der Waals surface area (Å²) < 4.78 is 13.4. The highest BCUT2D eigenvalue weighted by Crippen LogP contribution is 2.38. The Labute approximate surface area is 192 Å². The van der Waals surface area contributed by atoms with Gasteiger partial charge in [-0.2, -0.15) is 4.98 Å². The first-order valence-corrected chi connectivity index (χ1v) is 10.6. The van der Waals surface area contributed by atoms with E-state index in [0.29, 0.717) is 35.6 Å². The van der Waals surface area contributed by atoms with Gasteiger partial charge in [0, 0.05) is 19.3 Å². The Morgan fingerprint density at radius 1 is 1.09 bits per heavy atom. The number of methoxy groups -OCH3 is 1. The molecule has 1 unspecified atom stereocenters. The third kappa shape index (κ3) is 3.93. The van der Waals surface area contributed by atoms with E-state index in [1.54, 1.807) is 25.8 Å². The summed E-state index contributed by atoms with van der Waals surface area (Å²) in [5.41, 5.74) is 4.05. The van der Waals surface area contributed by atoms with Crippen LogP contribution in [0.15, 0.2) is 55.2 Å².